The van der Waals surface area contributed by atoms with Crippen molar-refractivity contribution >= 4 is 11.9 Å². The van der Waals surface area contributed by atoms with E-state index in [0.29, 0.717) is 12.2 Å². The first-order valence-corrected chi connectivity index (χ1v) is 5.69. The van der Waals surface area contributed by atoms with E-state index in [1.54, 1.807) is 17.7 Å². The molecular formula is C11H17N3O4. The summed E-state index contributed by atoms with van der Waals surface area (Å²) in [5, 5.41) is 24.2. The van der Waals surface area contributed by atoms with Crippen LogP contribution in [0, 0.1) is 6.92 Å². The van der Waals surface area contributed by atoms with Crippen LogP contribution >= 0.6 is 0 Å². The van der Waals surface area contributed by atoms with Crippen LogP contribution in [0.5, 0.6) is 0 Å². The molecule has 1 rings (SSSR count). The molecule has 0 spiro atoms. The number of aliphatic hydroxyl groups excluding tert-OH is 1. The van der Waals surface area contributed by atoms with Gasteiger partial charge in [0.2, 0.25) is 0 Å². The van der Waals surface area contributed by atoms with E-state index in [-0.39, 0.29) is 18.9 Å². The van der Waals surface area contributed by atoms with E-state index < -0.39 is 12.1 Å². The second-order valence-corrected chi connectivity index (χ2v) is 3.89. The molecule has 0 aliphatic heterocycles. The molecule has 0 aromatic carbocycles. The quantitative estimate of drug-likeness (QED) is 0.651. The van der Waals surface area contributed by atoms with Crippen LogP contribution in [0.4, 0.5) is 0 Å². The zero-order chi connectivity index (χ0) is 13.7. The van der Waals surface area contributed by atoms with Crippen molar-refractivity contribution < 1.29 is 19.8 Å². The highest BCUT2D eigenvalue weighted by Crippen LogP contribution is 2.03. The monoisotopic (exact) mass is 255 g/mol. The molecule has 0 unspecified atom stereocenters. The van der Waals surface area contributed by atoms with Gasteiger partial charge in [0.1, 0.15) is 5.69 Å². The van der Waals surface area contributed by atoms with Gasteiger partial charge in [-0.15, -0.1) is 0 Å². The minimum absolute atomic E-state index is 0.0275. The lowest BCUT2D eigenvalue weighted by Gasteiger charge is -2.08. The number of carboxylic acid groups (broad SMARTS) is 1. The molecular weight excluding hydrogens is 238 g/mol. The lowest BCUT2D eigenvalue weighted by Crippen LogP contribution is -2.31. The van der Waals surface area contributed by atoms with E-state index in [9.17, 15) is 9.59 Å². The fourth-order valence-corrected chi connectivity index (χ4v) is 1.51. The van der Waals surface area contributed by atoms with Crippen molar-refractivity contribution in [3.63, 3.8) is 0 Å². The Morgan fingerprint density at radius 3 is 2.78 bits per heavy atom. The van der Waals surface area contributed by atoms with Gasteiger partial charge in [0, 0.05) is 19.5 Å². The largest absolute Gasteiger partial charge is 0.479 e. The number of carbonyl (C=O) groups is 2. The third-order valence-corrected chi connectivity index (χ3v) is 2.42. The number of aliphatic hydroxyl groups is 1. The minimum atomic E-state index is -1.46. The van der Waals surface area contributed by atoms with Crippen LogP contribution in [0.2, 0.25) is 0 Å². The number of hydrogen-bond acceptors (Lipinski definition) is 4. The van der Waals surface area contributed by atoms with Gasteiger partial charge in [-0.25, -0.2) is 4.79 Å². The van der Waals surface area contributed by atoms with E-state index in [1.807, 2.05) is 6.92 Å². The van der Waals surface area contributed by atoms with Gasteiger partial charge in [-0.1, -0.05) is 0 Å². The van der Waals surface area contributed by atoms with Crippen LogP contribution in [0.25, 0.3) is 0 Å². The van der Waals surface area contributed by atoms with E-state index in [4.69, 9.17) is 10.2 Å². The highest BCUT2D eigenvalue weighted by atomic mass is 16.4. The molecule has 7 nitrogen and oxygen atoms in total. The molecule has 1 aromatic heterocycles. The first-order valence-electron chi connectivity index (χ1n) is 5.69. The average molecular weight is 255 g/mol. The molecule has 100 valence electrons. The average Bonchev–Trinajstić information content (AvgIpc) is 2.70. The maximum atomic E-state index is 11.8. The van der Waals surface area contributed by atoms with Gasteiger partial charge in [0.05, 0.1) is 5.69 Å². The molecule has 0 saturated carbocycles. The van der Waals surface area contributed by atoms with Crippen LogP contribution in [-0.4, -0.2) is 44.5 Å². The number of hydrogen-bond donors (Lipinski definition) is 3. The van der Waals surface area contributed by atoms with Crippen molar-refractivity contribution in [1.82, 2.24) is 15.1 Å². The Morgan fingerprint density at radius 2 is 2.22 bits per heavy atom. The molecule has 3 N–H and O–H groups in total. The second kappa shape index (κ2) is 6.15. The van der Waals surface area contributed by atoms with E-state index in [2.05, 4.69) is 10.4 Å². The van der Waals surface area contributed by atoms with Crippen LogP contribution in [0.1, 0.15) is 29.5 Å². The summed E-state index contributed by atoms with van der Waals surface area (Å²) >= 11 is 0. The number of rotatable bonds is 6. The zero-order valence-corrected chi connectivity index (χ0v) is 10.4. The van der Waals surface area contributed by atoms with Gasteiger partial charge in [0.25, 0.3) is 5.91 Å². The van der Waals surface area contributed by atoms with Gasteiger partial charge in [-0.3, -0.25) is 9.48 Å². The summed E-state index contributed by atoms with van der Waals surface area (Å²) in [6, 6.07) is 1.66. The van der Waals surface area contributed by atoms with Gasteiger partial charge in [-0.05, 0) is 19.9 Å². The Morgan fingerprint density at radius 1 is 1.56 bits per heavy atom. The van der Waals surface area contributed by atoms with Gasteiger partial charge >= 0.3 is 5.97 Å². The molecule has 0 saturated heterocycles. The molecule has 1 aromatic rings. The number of aliphatic carboxylic acids is 1. The number of nitrogens with zero attached hydrogens (tertiary/aromatic N) is 2. The third-order valence-electron chi connectivity index (χ3n) is 2.42. The molecule has 0 fully saturated rings. The molecule has 0 aliphatic rings. The van der Waals surface area contributed by atoms with Gasteiger partial charge in [-0.2, -0.15) is 5.10 Å². The molecule has 18 heavy (non-hydrogen) atoms. The Hall–Kier alpha value is -1.89. The highest BCUT2D eigenvalue weighted by Gasteiger charge is 2.15. The molecule has 0 bridgehead atoms. The fourth-order valence-electron chi connectivity index (χ4n) is 1.51. The molecule has 1 atom stereocenters. The molecule has 7 heteroatoms. The number of carbonyl (C=O) groups excluding carboxylic acids is 1. The maximum Gasteiger partial charge on any atom is 0.332 e. The predicted octanol–water partition coefficient (Wildman–Crippen LogP) is -0.223. The standard InChI is InChI=1S/C11H17N3O4/c1-3-14-8(6-7(2)13-14)10(16)12-5-4-9(15)11(17)18/h6,9,15H,3-5H2,1-2H3,(H,12,16)(H,17,18)/t9-/m0/s1. The highest BCUT2D eigenvalue weighted by molar-refractivity contribution is 5.92. The Balaban J connectivity index is 2.52. The van der Waals surface area contributed by atoms with Crippen LogP contribution in [0.3, 0.4) is 0 Å². The Kier molecular flexibility index (Phi) is 4.85. The summed E-state index contributed by atoms with van der Waals surface area (Å²) < 4.78 is 1.57. The molecule has 1 amide bonds. The van der Waals surface area contributed by atoms with E-state index in [1.165, 1.54) is 0 Å². The summed E-state index contributed by atoms with van der Waals surface area (Å²) in [5.41, 5.74) is 1.17. The van der Waals surface area contributed by atoms with Gasteiger partial charge in [0.15, 0.2) is 6.10 Å². The summed E-state index contributed by atoms with van der Waals surface area (Å²) in [4.78, 5) is 22.2. The minimum Gasteiger partial charge on any atom is -0.479 e. The van der Waals surface area contributed by atoms with Crippen molar-refractivity contribution in [3.05, 3.63) is 17.5 Å². The Bertz CT molecular complexity index is 441. The topological polar surface area (TPSA) is 104 Å². The number of aryl methyl sites for hydroxylation is 2. The SMILES string of the molecule is CCn1nc(C)cc1C(=O)NCC[C@H](O)C(=O)O. The van der Waals surface area contributed by atoms with Crippen LogP contribution < -0.4 is 5.32 Å². The van der Waals surface area contributed by atoms with Crippen molar-refractivity contribution in [2.24, 2.45) is 0 Å². The van der Waals surface area contributed by atoms with E-state index >= 15 is 0 Å². The number of amides is 1. The number of nitrogens with one attached hydrogen (secondary N) is 1. The molecule has 0 aliphatic carbocycles. The maximum absolute atomic E-state index is 11.8. The first kappa shape index (κ1) is 14.2. The molecule has 1 heterocycles. The Labute approximate surface area is 104 Å². The lowest BCUT2D eigenvalue weighted by molar-refractivity contribution is -0.146. The van der Waals surface area contributed by atoms with Crippen molar-refractivity contribution in [1.29, 1.82) is 0 Å². The zero-order valence-electron chi connectivity index (χ0n) is 10.4. The second-order valence-electron chi connectivity index (χ2n) is 3.89. The van der Waals surface area contributed by atoms with Crippen LogP contribution in [0.15, 0.2) is 6.07 Å². The number of aromatic nitrogens is 2. The van der Waals surface area contributed by atoms with Gasteiger partial charge < -0.3 is 15.5 Å². The summed E-state index contributed by atoms with van der Waals surface area (Å²) in [6.45, 7) is 4.34. The predicted molar refractivity (Wildman–Crippen MR) is 63.2 cm³/mol. The lowest BCUT2D eigenvalue weighted by atomic mass is 10.2. The number of carboxylic acids is 1. The van der Waals surface area contributed by atoms with Crippen LogP contribution in [-0.2, 0) is 11.3 Å². The van der Waals surface area contributed by atoms with E-state index in [0.717, 1.165) is 5.69 Å². The summed E-state index contributed by atoms with van der Waals surface area (Å²) in [6.07, 6.45) is -1.48. The first-order chi connectivity index (χ1) is 8.45. The third kappa shape index (κ3) is 3.56. The normalized spacial score (nSPS) is 12.2. The smallest absolute Gasteiger partial charge is 0.332 e. The summed E-state index contributed by atoms with van der Waals surface area (Å²) in [7, 11) is 0. The fraction of sp³-hybridized carbons (Fsp3) is 0.545. The van der Waals surface area contributed by atoms with Crippen molar-refractivity contribution in [2.45, 2.75) is 32.9 Å². The summed E-state index contributed by atoms with van der Waals surface area (Å²) in [5.74, 6) is -1.62. The van der Waals surface area contributed by atoms with Crippen molar-refractivity contribution in [3.8, 4) is 0 Å². The van der Waals surface area contributed by atoms with Crippen molar-refractivity contribution in [2.75, 3.05) is 6.54 Å². The molecule has 0 radical (unpaired) electrons.